The van der Waals surface area contributed by atoms with Crippen LogP contribution >= 0.6 is 11.6 Å². The number of pyridine rings is 1. The number of carbonyl (C=O) groups is 1. The lowest BCUT2D eigenvalue weighted by Crippen LogP contribution is -2.27. The Kier molecular flexibility index (Phi) is 4.81. The molecular formula is C15H21ClN2O. The van der Waals surface area contributed by atoms with Crippen LogP contribution in [0.25, 0.3) is 0 Å². The summed E-state index contributed by atoms with van der Waals surface area (Å²) in [5, 5.41) is 3.48. The molecule has 1 N–H and O–H groups in total. The standard InChI is InChI=1S/C15H21ClN2O/c1-3-5-10-8-13(10)18-15(19)11-7-12(6-4-2)17-14(16)9-11/h7,9-10,13H,3-6,8H2,1-2H3,(H,18,19). The van der Waals surface area contributed by atoms with Crippen LogP contribution in [0, 0.1) is 5.92 Å². The molecule has 1 aliphatic rings. The average Bonchev–Trinajstić information content (AvgIpc) is 3.07. The monoisotopic (exact) mass is 280 g/mol. The van der Waals surface area contributed by atoms with Gasteiger partial charge in [-0.05, 0) is 37.3 Å². The third kappa shape index (κ3) is 3.93. The molecule has 2 atom stereocenters. The molecule has 2 unspecified atom stereocenters. The van der Waals surface area contributed by atoms with Gasteiger partial charge in [0.05, 0.1) is 0 Å². The highest BCUT2D eigenvalue weighted by Gasteiger charge is 2.37. The lowest BCUT2D eigenvalue weighted by atomic mass is 10.1. The highest BCUT2D eigenvalue weighted by molar-refractivity contribution is 6.29. The van der Waals surface area contributed by atoms with Crippen molar-refractivity contribution in [2.24, 2.45) is 5.92 Å². The van der Waals surface area contributed by atoms with Crippen molar-refractivity contribution in [1.82, 2.24) is 10.3 Å². The molecule has 1 aromatic rings. The molecule has 0 radical (unpaired) electrons. The van der Waals surface area contributed by atoms with Gasteiger partial charge < -0.3 is 5.32 Å². The third-order valence-electron chi connectivity index (χ3n) is 3.51. The summed E-state index contributed by atoms with van der Waals surface area (Å²) in [5.41, 5.74) is 1.52. The van der Waals surface area contributed by atoms with Gasteiger partial charge in [-0.2, -0.15) is 0 Å². The lowest BCUT2D eigenvalue weighted by molar-refractivity contribution is 0.0948. The topological polar surface area (TPSA) is 42.0 Å². The first kappa shape index (κ1) is 14.3. The zero-order valence-corrected chi connectivity index (χ0v) is 12.3. The van der Waals surface area contributed by atoms with Crippen molar-refractivity contribution < 1.29 is 4.79 Å². The summed E-state index contributed by atoms with van der Waals surface area (Å²) >= 11 is 5.97. The van der Waals surface area contributed by atoms with Crippen LogP contribution in [0.3, 0.4) is 0 Å². The molecule has 19 heavy (non-hydrogen) atoms. The van der Waals surface area contributed by atoms with Gasteiger partial charge in [0.25, 0.3) is 5.91 Å². The first-order valence-corrected chi connectivity index (χ1v) is 7.49. The van der Waals surface area contributed by atoms with Crippen LogP contribution < -0.4 is 5.32 Å². The van der Waals surface area contributed by atoms with Crippen molar-refractivity contribution in [3.8, 4) is 0 Å². The fraction of sp³-hybridized carbons (Fsp3) is 0.600. The minimum atomic E-state index is -0.0229. The maximum Gasteiger partial charge on any atom is 0.251 e. The molecule has 3 nitrogen and oxygen atoms in total. The Bertz CT molecular complexity index is 461. The van der Waals surface area contributed by atoms with E-state index in [1.165, 1.54) is 12.8 Å². The fourth-order valence-electron chi connectivity index (χ4n) is 2.43. The largest absolute Gasteiger partial charge is 0.349 e. The van der Waals surface area contributed by atoms with Gasteiger partial charge in [-0.3, -0.25) is 4.79 Å². The minimum Gasteiger partial charge on any atom is -0.349 e. The van der Waals surface area contributed by atoms with Gasteiger partial charge in [-0.15, -0.1) is 0 Å². The summed E-state index contributed by atoms with van der Waals surface area (Å²) in [6.07, 6.45) is 5.33. The molecule has 4 heteroatoms. The van der Waals surface area contributed by atoms with Crippen LogP contribution in [0.5, 0.6) is 0 Å². The van der Waals surface area contributed by atoms with Gasteiger partial charge in [0.15, 0.2) is 0 Å². The van der Waals surface area contributed by atoms with Crippen LogP contribution in [-0.4, -0.2) is 16.9 Å². The van der Waals surface area contributed by atoms with Crippen LogP contribution in [0.1, 0.15) is 55.6 Å². The second kappa shape index (κ2) is 6.38. The van der Waals surface area contributed by atoms with E-state index in [2.05, 4.69) is 24.1 Å². The fourth-order valence-corrected chi connectivity index (χ4v) is 2.66. The zero-order chi connectivity index (χ0) is 13.8. The van der Waals surface area contributed by atoms with Crippen molar-refractivity contribution in [2.45, 2.75) is 52.0 Å². The molecule has 0 spiro atoms. The Morgan fingerprint density at radius 1 is 1.42 bits per heavy atom. The van der Waals surface area contributed by atoms with Gasteiger partial charge in [0.2, 0.25) is 0 Å². The van der Waals surface area contributed by atoms with Crippen LogP contribution in [0.15, 0.2) is 12.1 Å². The second-order valence-corrected chi connectivity index (χ2v) is 5.67. The number of aryl methyl sites for hydroxylation is 1. The van der Waals surface area contributed by atoms with E-state index < -0.39 is 0 Å². The number of amides is 1. The Hall–Kier alpha value is -1.09. The molecular weight excluding hydrogens is 260 g/mol. The molecule has 1 aromatic heterocycles. The second-order valence-electron chi connectivity index (χ2n) is 5.28. The number of halogens is 1. The van der Waals surface area contributed by atoms with Crippen molar-refractivity contribution in [1.29, 1.82) is 0 Å². The lowest BCUT2D eigenvalue weighted by Gasteiger charge is -2.07. The number of nitrogens with one attached hydrogen (secondary N) is 1. The van der Waals surface area contributed by atoms with E-state index in [-0.39, 0.29) is 5.91 Å². The van der Waals surface area contributed by atoms with Crippen LogP contribution in [0.4, 0.5) is 0 Å². The number of nitrogens with zero attached hydrogens (tertiary/aromatic N) is 1. The third-order valence-corrected chi connectivity index (χ3v) is 3.71. The summed E-state index contributed by atoms with van der Waals surface area (Å²) in [7, 11) is 0. The van der Waals surface area contributed by atoms with Crippen molar-refractivity contribution in [2.75, 3.05) is 0 Å². The molecule has 0 saturated heterocycles. The molecule has 1 amide bonds. The maximum atomic E-state index is 12.2. The molecule has 0 aromatic carbocycles. The number of aromatic nitrogens is 1. The Balaban J connectivity index is 1.99. The number of carbonyl (C=O) groups excluding carboxylic acids is 1. The van der Waals surface area contributed by atoms with Gasteiger partial charge in [-0.1, -0.05) is 38.3 Å². The smallest absolute Gasteiger partial charge is 0.251 e. The molecule has 0 aliphatic heterocycles. The highest BCUT2D eigenvalue weighted by Crippen LogP contribution is 2.34. The first-order chi connectivity index (χ1) is 9.13. The van der Waals surface area contributed by atoms with E-state index >= 15 is 0 Å². The summed E-state index contributed by atoms with van der Waals surface area (Å²) < 4.78 is 0. The van der Waals surface area contributed by atoms with E-state index in [4.69, 9.17) is 11.6 Å². The Morgan fingerprint density at radius 3 is 2.89 bits per heavy atom. The van der Waals surface area contributed by atoms with Gasteiger partial charge >= 0.3 is 0 Å². The summed E-state index contributed by atoms with van der Waals surface area (Å²) in [5.74, 6) is 0.645. The average molecular weight is 281 g/mol. The SMILES string of the molecule is CCCc1cc(C(=O)NC2CC2CCC)cc(Cl)n1. The quantitative estimate of drug-likeness (QED) is 0.809. The molecule has 2 rings (SSSR count). The summed E-state index contributed by atoms with van der Waals surface area (Å²) in [4.78, 5) is 16.4. The van der Waals surface area contributed by atoms with E-state index in [1.54, 1.807) is 6.07 Å². The molecule has 1 fully saturated rings. The van der Waals surface area contributed by atoms with Gasteiger partial charge in [0, 0.05) is 17.3 Å². The molecule has 0 bridgehead atoms. The van der Waals surface area contributed by atoms with Crippen molar-refractivity contribution in [3.05, 3.63) is 28.5 Å². The Labute approximate surface area is 119 Å². The summed E-state index contributed by atoms with van der Waals surface area (Å²) in [6.45, 7) is 4.26. The van der Waals surface area contributed by atoms with Crippen molar-refractivity contribution >= 4 is 17.5 Å². The van der Waals surface area contributed by atoms with E-state index in [9.17, 15) is 4.79 Å². The predicted octanol–water partition coefficient (Wildman–Crippen LogP) is 3.61. The predicted molar refractivity (Wildman–Crippen MR) is 77.5 cm³/mol. The summed E-state index contributed by atoms with van der Waals surface area (Å²) in [6, 6.07) is 3.85. The molecule has 1 heterocycles. The maximum absolute atomic E-state index is 12.2. The van der Waals surface area contributed by atoms with Crippen LogP contribution in [0.2, 0.25) is 5.15 Å². The Morgan fingerprint density at radius 2 is 2.21 bits per heavy atom. The normalized spacial score (nSPS) is 21.2. The van der Waals surface area contributed by atoms with Gasteiger partial charge in [0.1, 0.15) is 5.15 Å². The molecule has 1 aliphatic carbocycles. The molecule has 104 valence electrons. The van der Waals surface area contributed by atoms with Crippen LogP contribution in [-0.2, 0) is 6.42 Å². The van der Waals surface area contributed by atoms with Crippen molar-refractivity contribution in [3.63, 3.8) is 0 Å². The minimum absolute atomic E-state index is 0.0229. The number of hydrogen-bond donors (Lipinski definition) is 1. The first-order valence-electron chi connectivity index (χ1n) is 7.11. The van der Waals surface area contributed by atoms with Gasteiger partial charge in [-0.25, -0.2) is 4.98 Å². The number of rotatable bonds is 6. The van der Waals surface area contributed by atoms with E-state index in [0.29, 0.717) is 22.7 Å². The van der Waals surface area contributed by atoms with E-state index in [1.807, 2.05) is 6.07 Å². The van der Waals surface area contributed by atoms with E-state index in [0.717, 1.165) is 25.0 Å². The zero-order valence-electron chi connectivity index (χ0n) is 11.6. The molecule has 1 saturated carbocycles. The highest BCUT2D eigenvalue weighted by atomic mass is 35.5. The number of hydrogen-bond acceptors (Lipinski definition) is 2.